The predicted octanol–water partition coefficient (Wildman–Crippen LogP) is 2.94. The van der Waals surface area contributed by atoms with E-state index in [0.29, 0.717) is 6.42 Å². The van der Waals surface area contributed by atoms with Gasteiger partial charge in [0.25, 0.3) is 0 Å². The van der Waals surface area contributed by atoms with Gasteiger partial charge in [-0.1, -0.05) is 23.7 Å². The number of thiophene rings is 1. The minimum Gasteiger partial charge on any atom is -0.326 e. The van der Waals surface area contributed by atoms with Crippen LogP contribution in [0.2, 0.25) is 4.34 Å². The van der Waals surface area contributed by atoms with Gasteiger partial charge in [-0.05, 0) is 29.3 Å². The van der Waals surface area contributed by atoms with Gasteiger partial charge in [-0.2, -0.15) is 0 Å². The third-order valence-corrected chi connectivity index (χ3v) is 4.33. The average molecular weight is 279 g/mol. The Kier molecular flexibility index (Phi) is 2.86. The molecule has 1 atom stereocenters. The average Bonchev–Trinajstić information content (AvgIpc) is 2.92. The quantitative estimate of drug-likeness (QED) is 0.887. The largest absolute Gasteiger partial charge is 0.326 e. The number of carbonyl (C=O) groups excluding carboxylic acids is 1. The fraction of sp³-hybridized carbons (Fsp3) is 0.154. The molecule has 0 radical (unpaired) electrons. The molecule has 1 amide bonds. The normalized spacial score (nSPS) is 15.3. The van der Waals surface area contributed by atoms with Crippen molar-refractivity contribution in [2.45, 2.75) is 12.5 Å². The maximum Gasteiger partial charge on any atom is 0.228 e. The molecule has 18 heavy (non-hydrogen) atoms. The number of rotatable bonds is 2. The highest BCUT2D eigenvalue weighted by atomic mass is 35.5. The van der Waals surface area contributed by atoms with E-state index >= 15 is 0 Å². The number of benzene rings is 1. The van der Waals surface area contributed by atoms with Crippen LogP contribution in [0.3, 0.4) is 0 Å². The van der Waals surface area contributed by atoms with Crippen LogP contribution in [0.15, 0.2) is 30.3 Å². The second-order valence-corrected chi connectivity index (χ2v) is 6.01. The van der Waals surface area contributed by atoms with Crippen LogP contribution >= 0.6 is 22.9 Å². The summed E-state index contributed by atoms with van der Waals surface area (Å²) < 4.78 is 0.735. The fourth-order valence-corrected chi connectivity index (χ4v) is 3.19. The van der Waals surface area contributed by atoms with Gasteiger partial charge < -0.3 is 11.1 Å². The molecule has 3 nitrogen and oxygen atoms in total. The molecule has 1 aliphatic heterocycles. The van der Waals surface area contributed by atoms with Crippen LogP contribution in [-0.4, -0.2) is 5.91 Å². The number of nitrogens with two attached hydrogens (primary N) is 1. The van der Waals surface area contributed by atoms with Crippen LogP contribution in [-0.2, 0) is 11.2 Å². The van der Waals surface area contributed by atoms with E-state index in [9.17, 15) is 4.79 Å². The first-order valence-electron chi connectivity index (χ1n) is 5.57. The monoisotopic (exact) mass is 278 g/mol. The number of fused-ring (bicyclic) bond motifs is 1. The molecule has 1 aliphatic rings. The van der Waals surface area contributed by atoms with E-state index in [1.54, 1.807) is 0 Å². The Bertz CT molecular complexity index is 623. The molecule has 3 rings (SSSR count). The van der Waals surface area contributed by atoms with Crippen molar-refractivity contribution in [2.24, 2.45) is 5.73 Å². The fourth-order valence-electron chi connectivity index (χ4n) is 2.10. The zero-order valence-corrected chi connectivity index (χ0v) is 11.0. The summed E-state index contributed by atoms with van der Waals surface area (Å²) in [5.74, 6) is 0.0369. The summed E-state index contributed by atoms with van der Waals surface area (Å²) in [6.07, 6.45) is 0.432. The molecule has 2 heterocycles. The lowest BCUT2D eigenvalue weighted by Crippen LogP contribution is -2.10. The summed E-state index contributed by atoms with van der Waals surface area (Å²) >= 11 is 7.40. The number of amides is 1. The molecule has 1 unspecified atom stereocenters. The Hall–Kier alpha value is -1.36. The molecule has 0 aliphatic carbocycles. The summed E-state index contributed by atoms with van der Waals surface area (Å²) in [6, 6.07) is 9.44. The van der Waals surface area contributed by atoms with Crippen LogP contribution < -0.4 is 11.1 Å². The van der Waals surface area contributed by atoms with Crippen molar-refractivity contribution in [1.82, 2.24) is 0 Å². The second-order valence-electron chi connectivity index (χ2n) is 4.26. The van der Waals surface area contributed by atoms with Crippen LogP contribution in [0, 0.1) is 0 Å². The molecular formula is C13H11ClN2OS. The molecule has 1 aromatic carbocycles. The number of nitrogens with one attached hydrogen (secondary N) is 1. The van der Waals surface area contributed by atoms with Crippen LogP contribution in [0.4, 0.5) is 5.69 Å². The Labute approximate surface area is 114 Å². The molecular weight excluding hydrogens is 268 g/mol. The molecule has 1 aromatic heterocycles. The minimum atomic E-state index is -0.191. The summed E-state index contributed by atoms with van der Waals surface area (Å²) in [6.45, 7) is 0. The highest BCUT2D eigenvalue weighted by Gasteiger charge is 2.19. The molecule has 0 fully saturated rings. The van der Waals surface area contributed by atoms with Crippen molar-refractivity contribution in [2.75, 3.05) is 5.32 Å². The summed E-state index contributed by atoms with van der Waals surface area (Å²) in [7, 11) is 0. The first-order chi connectivity index (χ1) is 8.63. The standard InChI is InChI=1S/C13H11ClN2OS/c14-11-4-3-10(18-11)13(15)7-1-2-9-8(5-7)6-12(17)16-9/h1-5,13H,6,15H2,(H,16,17). The number of halogens is 1. The van der Waals surface area contributed by atoms with Crippen molar-refractivity contribution in [1.29, 1.82) is 0 Å². The number of hydrogen-bond donors (Lipinski definition) is 2. The predicted molar refractivity (Wildman–Crippen MR) is 74.1 cm³/mol. The SMILES string of the molecule is NC(c1ccc2c(c1)CC(=O)N2)c1ccc(Cl)s1. The summed E-state index contributed by atoms with van der Waals surface area (Å²) in [5, 5.41) is 2.81. The Morgan fingerprint density at radius 1 is 1.33 bits per heavy atom. The van der Waals surface area contributed by atoms with Crippen molar-refractivity contribution in [3.8, 4) is 0 Å². The van der Waals surface area contributed by atoms with Crippen LogP contribution in [0.5, 0.6) is 0 Å². The van der Waals surface area contributed by atoms with E-state index in [1.807, 2.05) is 30.3 Å². The van der Waals surface area contributed by atoms with E-state index < -0.39 is 0 Å². The van der Waals surface area contributed by atoms with Crippen LogP contribution in [0.1, 0.15) is 22.0 Å². The topological polar surface area (TPSA) is 55.1 Å². The maximum absolute atomic E-state index is 11.3. The Morgan fingerprint density at radius 3 is 2.89 bits per heavy atom. The third-order valence-electron chi connectivity index (χ3n) is 3.01. The van der Waals surface area contributed by atoms with Gasteiger partial charge >= 0.3 is 0 Å². The van der Waals surface area contributed by atoms with E-state index in [0.717, 1.165) is 26.0 Å². The summed E-state index contributed by atoms with van der Waals surface area (Å²) in [5.41, 5.74) is 9.11. The highest BCUT2D eigenvalue weighted by Crippen LogP contribution is 2.32. The summed E-state index contributed by atoms with van der Waals surface area (Å²) in [4.78, 5) is 12.3. The lowest BCUT2D eigenvalue weighted by Gasteiger charge is -2.11. The van der Waals surface area contributed by atoms with Gasteiger partial charge in [0.1, 0.15) is 0 Å². The van der Waals surface area contributed by atoms with Crippen molar-refractivity contribution in [3.05, 3.63) is 50.7 Å². The van der Waals surface area contributed by atoms with E-state index in [-0.39, 0.29) is 11.9 Å². The van der Waals surface area contributed by atoms with Crippen molar-refractivity contribution >= 4 is 34.5 Å². The lowest BCUT2D eigenvalue weighted by molar-refractivity contribution is -0.115. The van der Waals surface area contributed by atoms with E-state index in [1.165, 1.54) is 11.3 Å². The number of anilines is 1. The van der Waals surface area contributed by atoms with Gasteiger partial charge in [-0.15, -0.1) is 11.3 Å². The zero-order valence-electron chi connectivity index (χ0n) is 9.44. The molecule has 0 saturated heterocycles. The van der Waals surface area contributed by atoms with Crippen LogP contribution in [0.25, 0.3) is 0 Å². The van der Waals surface area contributed by atoms with Gasteiger partial charge in [0.05, 0.1) is 16.8 Å². The highest BCUT2D eigenvalue weighted by molar-refractivity contribution is 7.16. The third kappa shape index (κ3) is 2.03. The van der Waals surface area contributed by atoms with Gasteiger partial charge in [-0.3, -0.25) is 4.79 Å². The molecule has 92 valence electrons. The molecule has 0 saturated carbocycles. The number of carbonyl (C=O) groups is 1. The van der Waals surface area contributed by atoms with E-state index in [4.69, 9.17) is 17.3 Å². The molecule has 0 spiro atoms. The van der Waals surface area contributed by atoms with Gasteiger partial charge in [0, 0.05) is 10.6 Å². The maximum atomic E-state index is 11.3. The zero-order chi connectivity index (χ0) is 12.7. The molecule has 2 aromatic rings. The van der Waals surface area contributed by atoms with E-state index in [2.05, 4.69) is 5.32 Å². The van der Waals surface area contributed by atoms with Crippen molar-refractivity contribution in [3.63, 3.8) is 0 Å². The van der Waals surface area contributed by atoms with Gasteiger partial charge in [0.15, 0.2) is 0 Å². The molecule has 0 bridgehead atoms. The van der Waals surface area contributed by atoms with Crippen molar-refractivity contribution < 1.29 is 4.79 Å². The smallest absolute Gasteiger partial charge is 0.228 e. The second kappa shape index (κ2) is 4.39. The number of hydrogen-bond acceptors (Lipinski definition) is 3. The Balaban J connectivity index is 1.94. The first kappa shape index (κ1) is 11.7. The molecule has 3 N–H and O–H groups in total. The minimum absolute atomic E-state index is 0.0369. The molecule has 5 heteroatoms. The van der Waals surface area contributed by atoms with Gasteiger partial charge in [-0.25, -0.2) is 0 Å². The first-order valence-corrected chi connectivity index (χ1v) is 6.76. The lowest BCUT2D eigenvalue weighted by atomic mass is 10.0. The van der Waals surface area contributed by atoms with Gasteiger partial charge in [0.2, 0.25) is 5.91 Å². The Morgan fingerprint density at radius 2 is 2.17 bits per heavy atom.